The Morgan fingerprint density at radius 2 is 1.83 bits per heavy atom. The molecule has 18 heavy (non-hydrogen) atoms. The van der Waals surface area contributed by atoms with E-state index in [1.807, 2.05) is 0 Å². The van der Waals surface area contributed by atoms with Gasteiger partial charge in [0.15, 0.2) is 0 Å². The molecule has 0 fully saturated rings. The third kappa shape index (κ3) is 2.47. The quantitative estimate of drug-likeness (QED) is 0.837. The van der Waals surface area contributed by atoms with Gasteiger partial charge in [-0.2, -0.15) is 13.2 Å². The monoisotopic (exact) mass is 257 g/mol. The molecule has 0 saturated carbocycles. The average molecular weight is 257 g/mol. The molecular formula is C12H10F3NO2. The molecule has 0 unspecified atom stereocenters. The molecule has 0 aromatic heterocycles. The Bertz CT molecular complexity index is 491. The van der Waals surface area contributed by atoms with Gasteiger partial charge in [-0.3, -0.25) is 4.90 Å². The van der Waals surface area contributed by atoms with E-state index in [1.165, 1.54) is 18.3 Å². The van der Waals surface area contributed by atoms with Crippen LogP contribution < -0.4 is 0 Å². The third-order valence-corrected chi connectivity index (χ3v) is 2.76. The number of carboxylic acid groups (broad SMARTS) is 1. The lowest BCUT2D eigenvalue weighted by Gasteiger charge is -2.07. The topological polar surface area (TPSA) is 40.5 Å². The van der Waals surface area contributed by atoms with Crippen molar-refractivity contribution >= 4 is 11.7 Å². The maximum absolute atomic E-state index is 12.4. The number of hydrogen-bond acceptors (Lipinski definition) is 1. The summed E-state index contributed by atoms with van der Waals surface area (Å²) in [5.74, 6) is 0. The zero-order chi connectivity index (χ0) is 13.3. The molecule has 0 bridgehead atoms. The standard InChI is InChI=1S/C12H10F3NO2/c13-12(14,15)10-3-1-8(2-4-10)9-5-6-16(7-9)11(17)18/h1-4,7H,5-6H2,(H,17,18). The molecular weight excluding hydrogens is 247 g/mol. The van der Waals surface area contributed by atoms with E-state index in [0.717, 1.165) is 22.6 Å². The normalized spacial score (nSPS) is 15.7. The molecule has 6 heteroatoms. The van der Waals surface area contributed by atoms with E-state index in [9.17, 15) is 18.0 Å². The lowest BCUT2D eigenvalue weighted by atomic mass is 10.0. The number of nitrogens with zero attached hydrogens (tertiary/aromatic N) is 1. The first-order valence-corrected chi connectivity index (χ1v) is 5.26. The number of benzene rings is 1. The summed E-state index contributed by atoms with van der Waals surface area (Å²) in [6.07, 6.45) is -3.45. The molecule has 1 aliphatic rings. The fourth-order valence-electron chi connectivity index (χ4n) is 1.80. The van der Waals surface area contributed by atoms with Crippen LogP contribution in [-0.2, 0) is 6.18 Å². The minimum atomic E-state index is -4.35. The molecule has 96 valence electrons. The molecule has 1 aromatic carbocycles. The van der Waals surface area contributed by atoms with E-state index >= 15 is 0 Å². The van der Waals surface area contributed by atoms with Crippen molar-refractivity contribution in [3.05, 3.63) is 41.6 Å². The van der Waals surface area contributed by atoms with Gasteiger partial charge in [0.1, 0.15) is 0 Å². The van der Waals surface area contributed by atoms with E-state index in [0.29, 0.717) is 18.5 Å². The van der Waals surface area contributed by atoms with Crippen molar-refractivity contribution in [2.75, 3.05) is 6.54 Å². The predicted molar refractivity (Wildman–Crippen MR) is 58.8 cm³/mol. The Balaban J connectivity index is 2.21. The molecule has 0 aliphatic carbocycles. The lowest BCUT2D eigenvalue weighted by molar-refractivity contribution is -0.137. The van der Waals surface area contributed by atoms with Crippen LogP contribution in [0.25, 0.3) is 5.57 Å². The molecule has 1 aromatic rings. The average Bonchev–Trinajstić information content (AvgIpc) is 2.77. The summed E-state index contributed by atoms with van der Waals surface area (Å²) in [4.78, 5) is 11.8. The van der Waals surface area contributed by atoms with Gasteiger partial charge in [-0.05, 0) is 29.7 Å². The van der Waals surface area contributed by atoms with Gasteiger partial charge >= 0.3 is 12.3 Å². The van der Waals surface area contributed by atoms with Gasteiger partial charge in [0.05, 0.1) is 5.56 Å². The SMILES string of the molecule is O=C(O)N1C=C(c2ccc(C(F)(F)F)cc2)CC1. The first-order chi connectivity index (χ1) is 8.38. The molecule has 1 aliphatic heterocycles. The van der Waals surface area contributed by atoms with E-state index < -0.39 is 17.8 Å². The van der Waals surface area contributed by atoms with E-state index in [1.54, 1.807) is 0 Å². The van der Waals surface area contributed by atoms with Crippen molar-refractivity contribution < 1.29 is 23.1 Å². The Morgan fingerprint density at radius 1 is 1.22 bits per heavy atom. The number of hydrogen-bond donors (Lipinski definition) is 1. The van der Waals surface area contributed by atoms with Crippen molar-refractivity contribution in [1.29, 1.82) is 0 Å². The van der Waals surface area contributed by atoms with Crippen molar-refractivity contribution in [2.24, 2.45) is 0 Å². The first-order valence-electron chi connectivity index (χ1n) is 5.26. The molecule has 3 nitrogen and oxygen atoms in total. The predicted octanol–water partition coefficient (Wildman–Crippen LogP) is 3.43. The fourth-order valence-corrected chi connectivity index (χ4v) is 1.80. The fraction of sp³-hybridized carbons (Fsp3) is 0.250. The van der Waals surface area contributed by atoms with Gasteiger partial charge in [0.25, 0.3) is 0 Å². The van der Waals surface area contributed by atoms with Crippen LogP contribution in [-0.4, -0.2) is 22.6 Å². The van der Waals surface area contributed by atoms with Gasteiger partial charge in [-0.15, -0.1) is 0 Å². The Morgan fingerprint density at radius 3 is 2.28 bits per heavy atom. The molecule has 1 heterocycles. The minimum absolute atomic E-state index is 0.339. The highest BCUT2D eigenvalue weighted by Gasteiger charge is 2.30. The van der Waals surface area contributed by atoms with Crippen LogP contribution in [0.1, 0.15) is 17.5 Å². The molecule has 1 amide bonds. The summed E-state index contributed by atoms with van der Waals surface area (Å²) < 4.78 is 37.1. The number of alkyl halides is 3. The highest BCUT2D eigenvalue weighted by atomic mass is 19.4. The molecule has 0 atom stereocenters. The van der Waals surface area contributed by atoms with Gasteiger partial charge in [-0.1, -0.05) is 12.1 Å². The van der Waals surface area contributed by atoms with Gasteiger partial charge in [0.2, 0.25) is 0 Å². The molecule has 0 radical (unpaired) electrons. The summed E-state index contributed by atoms with van der Waals surface area (Å²) >= 11 is 0. The summed E-state index contributed by atoms with van der Waals surface area (Å²) in [5, 5.41) is 8.76. The Hall–Kier alpha value is -1.98. The van der Waals surface area contributed by atoms with Crippen LogP contribution in [0, 0.1) is 0 Å². The van der Waals surface area contributed by atoms with Crippen molar-refractivity contribution in [3.63, 3.8) is 0 Å². The van der Waals surface area contributed by atoms with Crippen LogP contribution in [0.15, 0.2) is 30.5 Å². The summed E-state index contributed by atoms with van der Waals surface area (Å²) in [5.41, 5.74) is 0.637. The third-order valence-electron chi connectivity index (χ3n) is 2.76. The first kappa shape index (κ1) is 12.5. The maximum Gasteiger partial charge on any atom is 0.416 e. The van der Waals surface area contributed by atoms with E-state index in [2.05, 4.69) is 0 Å². The molecule has 1 N–H and O–H groups in total. The smallest absolute Gasteiger partial charge is 0.416 e. The largest absolute Gasteiger partial charge is 0.465 e. The summed E-state index contributed by atoms with van der Waals surface area (Å²) in [6, 6.07) is 4.72. The summed E-state index contributed by atoms with van der Waals surface area (Å²) in [7, 11) is 0. The summed E-state index contributed by atoms with van der Waals surface area (Å²) in [6.45, 7) is 0.339. The van der Waals surface area contributed by atoms with Gasteiger partial charge in [0, 0.05) is 12.7 Å². The minimum Gasteiger partial charge on any atom is -0.465 e. The van der Waals surface area contributed by atoms with Gasteiger partial charge in [-0.25, -0.2) is 4.79 Å². The van der Waals surface area contributed by atoms with Crippen LogP contribution in [0.5, 0.6) is 0 Å². The number of amides is 1. The lowest BCUT2D eigenvalue weighted by Crippen LogP contribution is -2.20. The second-order valence-electron chi connectivity index (χ2n) is 3.96. The Labute approximate surface area is 101 Å². The second kappa shape index (κ2) is 4.36. The zero-order valence-corrected chi connectivity index (χ0v) is 9.24. The van der Waals surface area contributed by atoms with Crippen LogP contribution in [0.2, 0.25) is 0 Å². The van der Waals surface area contributed by atoms with Crippen LogP contribution >= 0.6 is 0 Å². The van der Waals surface area contributed by atoms with Crippen molar-refractivity contribution in [2.45, 2.75) is 12.6 Å². The second-order valence-corrected chi connectivity index (χ2v) is 3.96. The van der Waals surface area contributed by atoms with Crippen molar-refractivity contribution in [3.8, 4) is 0 Å². The zero-order valence-electron chi connectivity index (χ0n) is 9.24. The highest BCUT2D eigenvalue weighted by molar-refractivity contribution is 5.75. The van der Waals surface area contributed by atoms with Crippen molar-refractivity contribution in [1.82, 2.24) is 4.90 Å². The molecule has 2 rings (SSSR count). The number of halogens is 3. The highest BCUT2D eigenvalue weighted by Crippen LogP contribution is 2.31. The molecule has 0 spiro atoms. The molecule has 0 saturated heterocycles. The number of carbonyl (C=O) groups is 1. The van der Waals surface area contributed by atoms with Crippen LogP contribution in [0.3, 0.4) is 0 Å². The maximum atomic E-state index is 12.4. The van der Waals surface area contributed by atoms with Crippen LogP contribution in [0.4, 0.5) is 18.0 Å². The number of rotatable bonds is 1. The Kier molecular flexibility index (Phi) is 3.02. The van der Waals surface area contributed by atoms with Gasteiger partial charge < -0.3 is 5.11 Å². The van der Waals surface area contributed by atoms with E-state index in [4.69, 9.17) is 5.11 Å². The van der Waals surface area contributed by atoms with E-state index in [-0.39, 0.29) is 0 Å².